The molecule has 3 N–H and O–H groups in total. The number of sulfonamides is 1. The summed E-state index contributed by atoms with van der Waals surface area (Å²) in [6.45, 7) is 3.40. The number of hydrogen-bond acceptors (Lipinski definition) is 3. The molecule has 19 heavy (non-hydrogen) atoms. The van der Waals surface area contributed by atoms with Gasteiger partial charge in [-0.25, -0.2) is 8.42 Å². The molecule has 0 spiro atoms. The van der Waals surface area contributed by atoms with Gasteiger partial charge >= 0.3 is 0 Å². The van der Waals surface area contributed by atoms with Gasteiger partial charge in [-0.2, -0.15) is 4.72 Å². The maximum absolute atomic E-state index is 12.3. The van der Waals surface area contributed by atoms with Gasteiger partial charge in [0, 0.05) is 5.02 Å². The molecule has 1 atom stereocenters. The van der Waals surface area contributed by atoms with E-state index in [-0.39, 0.29) is 19.9 Å². The second kappa shape index (κ2) is 5.93. The summed E-state index contributed by atoms with van der Waals surface area (Å²) < 4.78 is 27.1. The third-order valence-corrected chi connectivity index (χ3v) is 5.56. The highest BCUT2D eigenvalue weighted by Crippen LogP contribution is 2.26. The van der Waals surface area contributed by atoms with Crippen LogP contribution in [-0.4, -0.2) is 18.9 Å². The van der Waals surface area contributed by atoms with E-state index in [1.807, 2.05) is 0 Å². The molecule has 0 heterocycles. The average molecular weight is 341 g/mol. The fourth-order valence-electron chi connectivity index (χ4n) is 1.33. The van der Waals surface area contributed by atoms with Crippen molar-refractivity contribution in [3.05, 3.63) is 28.2 Å². The van der Waals surface area contributed by atoms with Gasteiger partial charge in [0.2, 0.25) is 10.0 Å². The lowest BCUT2D eigenvalue weighted by Crippen LogP contribution is -2.53. The zero-order valence-electron chi connectivity index (χ0n) is 10.4. The SMILES string of the molecule is CCC(C)(NS(=O)(=O)c1cc(Cl)ccc1Cl)C(N)=S. The predicted octanol–water partition coefficient (Wildman–Crippen LogP) is 2.73. The highest BCUT2D eigenvalue weighted by Gasteiger charge is 2.32. The first-order chi connectivity index (χ1) is 8.62. The van der Waals surface area contributed by atoms with Crippen molar-refractivity contribution < 1.29 is 8.42 Å². The van der Waals surface area contributed by atoms with E-state index in [0.717, 1.165) is 0 Å². The molecule has 0 amide bonds. The van der Waals surface area contributed by atoms with Crippen molar-refractivity contribution in [2.45, 2.75) is 30.7 Å². The number of rotatable bonds is 5. The summed E-state index contributed by atoms with van der Waals surface area (Å²) in [5, 5.41) is 0.358. The summed E-state index contributed by atoms with van der Waals surface area (Å²) in [5.41, 5.74) is 4.57. The fraction of sp³-hybridized carbons (Fsp3) is 0.364. The Kier molecular flexibility index (Phi) is 5.20. The highest BCUT2D eigenvalue weighted by atomic mass is 35.5. The number of nitrogens with one attached hydrogen (secondary N) is 1. The number of hydrogen-bond donors (Lipinski definition) is 2. The molecule has 0 aliphatic heterocycles. The molecular weight excluding hydrogens is 327 g/mol. The van der Waals surface area contributed by atoms with E-state index in [4.69, 9.17) is 41.2 Å². The lowest BCUT2D eigenvalue weighted by atomic mass is 10.0. The predicted molar refractivity (Wildman–Crippen MR) is 82.3 cm³/mol. The van der Waals surface area contributed by atoms with E-state index in [0.29, 0.717) is 6.42 Å². The average Bonchev–Trinajstić information content (AvgIpc) is 2.31. The molecular formula is C11H14Cl2N2O2S2. The maximum atomic E-state index is 12.3. The quantitative estimate of drug-likeness (QED) is 0.808. The molecule has 1 rings (SSSR count). The van der Waals surface area contributed by atoms with Gasteiger partial charge in [0.15, 0.2) is 0 Å². The molecule has 1 unspecified atom stereocenters. The van der Waals surface area contributed by atoms with Gasteiger partial charge in [-0.3, -0.25) is 0 Å². The van der Waals surface area contributed by atoms with Crippen molar-refractivity contribution in [2.24, 2.45) is 5.73 Å². The summed E-state index contributed by atoms with van der Waals surface area (Å²) >= 11 is 16.6. The Morgan fingerprint density at radius 2 is 2.05 bits per heavy atom. The number of nitrogens with two attached hydrogens (primary N) is 1. The van der Waals surface area contributed by atoms with Crippen LogP contribution in [0.15, 0.2) is 23.1 Å². The molecule has 0 aliphatic rings. The molecule has 0 aliphatic carbocycles. The Morgan fingerprint density at radius 1 is 1.47 bits per heavy atom. The zero-order valence-corrected chi connectivity index (χ0v) is 13.6. The topological polar surface area (TPSA) is 72.2 Å². The second-order valence-corrected chi connectivity index (χ2v) is 7.16. The molecule has 0 radical (unpaired) electrons. The highest BCUT2D eigenvalue weighted by molar-refractivity contribution is 7.89. The lowest BCUT2D eigenvalue weighted by molar-refractivity contribution is 0.511. The van der Waals surface area contributed by atoms with E-state index in [1.165, 1.54) is 18.2 Å². The van der Waals surface area contributed by atoms with Crippen molar-refractivity contribution in [1.29, 1.82) is 0 Å². The van der Waals surface area contributed by atoms with Crippen LogP contribution in [0, 0.1) is 0 Å². The van der Waals surface area contributed by atoms with E-state index >= 15 is 0 Å². The van der Waals surface area contributed by atoms with Gasteiger partial charge < -0.3 is 5.73 Å². The smallest absolute Gasteiger partial charge is 0.242 e. The Morgan fingerprint density at radius 3 is 2.53 bits per heavy atom. The number of halogens is 2. The summed E-state index contributed by atoms with van der Waals surface area (Å²) in [7, 11) is -3.86. The normalized spacial score (nSPS) is 14.9. The Bertz CT molecular complexity index is 605. The first-order valence-electron chi connectivity index (χ1n) is 5.41. The molecule has 1 aromatic rings. The van der Waals surface area contributed by atoms with Crippen LogP contribution in [0.25, 0.3) is 0 Å². The largest absolute Gasteiger partial charge is 0.392 e. The molecule has 1 aromatic carbocycles. The summed E-state index contributed by atoms with van der Waals surface area (Å²) in [6, 6.07) is 4.21. The summed E-state index contributed by atoms with van der Waals surface area (Å²) in [4.78, 5) is -0.0330. The fourth-order valence-corrected chi connectivity index (χ4v) is 3.81. The van der Waals surface area contributed by atoms with Gasteiger partial charge in [0.1, 0.15) is 4.90 Å². The van der Waals surface area contributed by atoms with Crippen LogP contribution in [0.3, 0.4) is 0 Å². The Labute approximate surface area is 128 Å². The van der Waals surface area contributed by atoms with E-state index in [1.54, 1.807) is 13.8 Å². The van der Waals surface area contributed by atoms with Crippen molar-refractivity contribution in [2.75, 3.05) is 0 Å². The molecule has 4 nitrogen and oxygen atoms in total. The van der Waals surface area contributed by atoms with Crippen LogP contribution < -0.4 is 10.5 Å². The summed E-state index contributed by atoms with van der Waals surface area (Å²) in [6.07, 6.45) is 0.416. The monoisotopic (exact) mass is 340 g/mol. The van der Waals surface area contributed by atoms with Gasteiger partial charge in [0.25, 0.3) is 0 Å². The number of thiocarbonyl (C=S) groups is 1. The number of benzene rings is 1. The van der Waals surface area contributed by atoms with Crippen LogP contribution in [0.2, 0.25) is 10.0 Å². The molecule has 0 saturated carbocycles. The Hall–Kier alpha value is -0.400. The molecule has 0 aromatic heterocycles. The van der Waals surface area contributed by atoms with Crippen LogP contribution in [-0.2, 0) is 10.0 Å². The van der Waals surface area contributed by atoms with Crippen LogP contribution in [0.4, 0.5) is 0 Å². The third-order valence-electron chi connectivity index (χ3n) is 2.79. The molecule has 0 fully saturated rings. The molecule has 0 bridgehead atoms. The van der Waals surface area contributed by atoms with Crippen molar-refractivity contribution in [1.82, 2.24) is 4.72 Å². The van der Waals surface area contributed by atoms with Crippen LogP contribution in [0.5, 0.6) is 0 Å². The van der Waals surface area contributed by atoms with Gasteiger partial charge in [-0.05, 0) is 31.5 Å². The minimum atomic E-state index is -3.86. The third kappa shape index (κ3) is 3.79. The van der Waals surface area contributed by atoms with Crippen molar-refractivity contribution in [3.8, 4) is 0 Å². The van der Waals surface area contributed by atoms with Crippen LogP contribution >= 0.6 is 35.4 Å². The maximum Gasteiger partial charge on any atom is 0.242 e. The standard InChI is InChI=1S/C11H14Cl2N2O2S2/c1-3-11(2,10(14)18)15-19(16,17)9-6-7(12)4-5-8(9)13/h4-6,15H,3H2,1-2H3,(H2,14,18). The first kappa shape index (κ1) is 16.7. The van der Waals surface area contributed by atoms with E-state index in [2.05, 4.69) is 4.72 Å². The second-order valence-electron chi connectivity index (χ2n) is 4.23. The molecule has 0 saturated heterocycles. The first-order valence-corrected chi connectivity index (χ1v) is 8.06. The van der Waals surface area contributed by atoms with Gasteiger partial charge in [0.05, 0.1) is 15.6 Å². The molecule has 8 heteroatoms. The van der Waals surface area contributed by atoms with Crippen molar-refractivity contribution in [3.63, 3.8) is 0 Å². The van der Waals surface area contributed by atoms with Crippen LogP contribution in [0.1, 0.15) is 20.3 Å². The van der Waals surface area contributed by atoms with E-state index in [9.17, 15) is 8.42 Å². The van der Waals surface area contributed by atoms with E-state index < -0.39 is 15.6 Å². The van der Waals surface area contributed by atoms with Gasteiger partial charge in [-0.15, -0.1) is 0 Å². The minimum absolute atomic E-state index is 0.0664. The zero-order chi connectivity index (χ0) is 14.8. The van der Waals surface area contributed by atoms with Gasteiger partial charge in [-0.1, -0.05) is 42.3 Å². The molecule has 106 valence electrons. The summed E-state index contributed by atoms with van der Waals surface area (Å²) in [5.74, 6) is 0. The van der Waals surface area contributed by atoms with Crippen molar-refractivity contribution >= 4 is 50.4 Å². The minimum Gasteiger partial charge on any atom is -0.392 e. The lowest BCUT2D eigenvalue weighted by Gasteiger charge is -2.28. The Balaban J connectivity index is 3.26.